The zero-order valence-electron chi connectivity index (χ0n) is 17.6. The summed E-state index contributed by atoms with van der Waals surface area (Å²) in [6, 6.07) is 24.9. The number of rotatable bonds is 10. The highest BCUT2D eigenvalue weighted by Gasteiger charge is 2.24. The fraction of sp³-hybridized carbons (Fsp3) is 0.346. The minimum absolute atomic E-state index is 0.0782. The van der Waals surface area contributed by atoms with Crippen LogP contribution in [0.25, 0.3) is 0 Å². The number of unbranched alkanes of at least 4 members (excludes halogenated alkanes) is 1. The average molecular weight is 389 g/mol. The highest BCUT2D eigenvalue weighted by Crippen LogP contribution is 2.23. The number of carbonyl (C=O) groups excluding carboxylic acids is 1. The molecule has 0 unspecified atom stereocenters. The number of carbonyl (C=O) groups is 1. The van der Waals surface area contributed by atoms with Crippen LogP contribution < -0.4 is 0 Å². The third-order valence-electron chi connectivity index (χ3n) is 5.47. The second-order valence-electron chi connectivity index (χ2n) is 7.60. The highest BCUT2D eigenvalue weighted by atomic mass is 16.2. The molecule has 3 nitrogen and oxygen atoms in total. The van der Waals surface area contributed by atoms with E-state index in [0.29, 0.717) is 6.54 Å². The molecule has 1 aromatic heterocycles. The van der Waals surface area contributed by atoms with Crippen LogP contribution in [0.1, 0.15) is 55.8 Å². The van der Waals surface area contributed by atoms with Gasteiger partial charge in [0.25, 0.3) is 0 Å². The number of aromatic nitrogens is 1. The fourth-order valence-corrected chi connectivity index (χ4v) is 3.80. The van der Waals surface area contributed by atoms with Gasteiger partial charge < -0.3 is 9.47 Å². The third-order valence-corrected chi connectivity index (χ3v) is 5.47. The normalized spacial score (nSPS) is 11.9. The first kappa shape index (κ1) is 20.9. The maximum atomic E-state index is 13.5. The molecule has 0 bridgehead atoms. The van der Waals surface area contributed by atoms with Gasteiger partial charge in [0.05, 0.1) is 12.5 Å². The summed E-state index contributed by atoms with van der Waals surface area (Å²) in [6.45, 7) is 6.56. The van der Waals surface area contributed by atoms with E-state index >= 15 is 0 Å². The van der Waals surface area contributed by atoms with Gasteiger partial charge in [-0.25, -0.2) is 0 Å². The summed E-state index contributed by atoms with van der Waals surface area (Å²) >= 11 is 0. The molecule has 0 fully saturated rings. The summed E-state index contributed by atoms with van der Waals surface area (Å²) in [5, 5.41) is 0. The molecular weight excluding hydrogens is 356 g/mol. The van der Waals surface area contributed by atoms with Crippen LogP contribution in [0, 0.1) is 0 Å². The van der Waals surface area contributed by atoms with E-state index in [2.05, 4.69) is 78.0 Å². The molecule has 2 aromatic carbocycles. The molecule has 3 aromatic rings. The monoisotopic (exact) mass is 388 g/mol. The highest BCUT2D eigenvalue weighted by molar-refractivity contribution is 5.83. The predicted molar refractivity (Wildman–Crippen MR) is 120 cm³/mol. The van der Waals surface area contributed by atoms with Crippen molar-refractivity contribution in [2.24, 2.45) is 0 Å². The van der Waals surface area contributed by atoms with Crippen molar-refractivity contribution >= 4 is 5.91 Å². The molecule has 1 heterocycles. The lowest BCUT2D eigenvalue weighted by molar-refractivity contribution is -0.133. The summed E-state index contributed by atoms with van der Waals surface area (Å²) in [7, 11) is 0. The van der Waals surface area contributed by atoms with E-state index in [1.165, 1.54) is 11.3 Å². The molecule has 1 amide bonds. The molecule has 0 aliphatic carbocycles. The summed E-state index contributed by atoms with van der Waals surface area (Å²) in [5.41, 5.74) is 3.56. The number of benzene rings is 2. The van der Waals surface area contributed by atoms with Crippen LogP contribution in [0.3, 0.4) is 0 Å². The Kier molecular flexibility index (Phi) is 7.69. The Morgan fingerprint density at radius 1 is 0.931 bits per heavy atom. The number of amides is 1. The Hall–Kier alpha value is -2.81. The van der Waals surface area contributed by atoms with Crippen LogP contribution in [0.5, 0.6) is 0 Å². The minimum atomic E-state index is -0.0782. The van der Waals surface area contributed by atoms with Crippen molar-refractivity contribution in [1.82, 2.24) is 9.47 Å². The van der Waals surface area contributed by atoms with Crippen LogP contribution in [-0.2, 0) is 17.9 Å². The zero-order valence-corrected chi connectivity index (χ0v) is 17.6. The van der Waals surface area contributed by atoms with E-state index in [-0.39, 0.29) is 11.8 Å². The van der Waals surface area contributed by atoms with Gasteiger partial charge in [0.15, 0.2) is 0 Å². The average Bonchev–Trinajstić information content (AvgIpc) is 3.19. The fourth-order valence-electron chi connectivity index (χ4n) is 3.80. The third kappa shape index (κ3) is 5.60. The standard InChI is InChI=1S/C26H32N2O/c1-3-5-18-28(26(29)25(4-2)23-15-10-7-11-16-23)21-24-17-12-19-27(24)20-22-13-8-6-9-14-22/h6-17,19,25H,3-5,18,20-21H2,1-2H3/t25-/m0/s1. The maximum Gasteiger partial charge on any atom is 0.230 e. The van der Waals surface area contributed by atoms with Gasteiger partial charge in [-0.15, -0.1) is 0 Å². The Labute approximate surface area is 175 Å². The SMILES string of the molecule is CCCCN(Cc1cccn1Cc1ccccc1)C(=O)[C@@H](CC)c1ccccc1. The van der Waals surface area contributed by atoms with Crippen molar-refractivity contribution < 1.29 is 4.79 Å². The minimum Gasteiger partial charge on any atom is -0.345 e. The van der Waals surface area contributed by atoms with Gasteiger partial charge in [-0.1, -0.05) is 80.9 Å². The predicted octanol–water partition coefficient (Wildman–Crippen LogP) is 5.86. The summed E-state index contributed by atoms with van der Waals surface area (Å²) in [4.78, 5) is 15.6. The van der Waals surface area contributed by atoms with Crippen molar-refractivity contribution in [3.05, 3.63) is 95.8 Å². The first-order valence-corrected chi connectivity index (χ1v) is 10.7. The first-order valence-electron chi connectivity index (χ1n) is 10.7. The lowest BCUT2D eigenvalue weighted by Gasteiger charge is -2.28. The molecule has 3 heteroatoms. The maximum absolute atomic E-state index is 13.5. The molecule has 0 spiro atoms. The van der Waals surface area contributed by atoms with E-state index in [1.807, 2.05) is 24.3 Å². The van der Waals surface area contributed by atoms with E-state index in [9.17, 15) is 4.79 Å². The van der Waals surface area contributed by atoms with Crippen molar-refractivity contribution in [3.8, 4) is 0 Å². The lowest BCUT2D eigenvalue weighted by Crippen LogP contribution is -2.36. The Morgan fingerprint density at radius 2 is 1.62 bits per heavy atom. The molecule has 1 atom stereocenters. The topological polar surface area (TPSA) is 25.2 Å². The van der Waals surface area contributed by atoms with Crippen molar-refractivity contribution in [2.75, 3.05) is 6.54 Å². The molecule has 0 aliphatic rings. The molecule has 152 valence electrons. The van der Waals surface area contributed by atoms with Gasteiger partial charge in [0.2, 0.25) is 5.91 Å². The van der Waals surface area contributed by atoms with Gasteiger partial charge in [-0.2, -0.15) is 0 Å². The van der Waals surface area contributed by atoms with Gasteiger partial charge in [-0.3, -0.25) is 4.79 Å². The molecule has 0 radical (unpaired) electrons. The molecule has 0 saturated carbocycles. The van der Waals surface area contributed by atoms with E-state index in [1.54, 1.807) is 0 Å². The van der Waals surface area contributed by atoms with Crippen LogP contribution in [0.2, 0.25) is 0 Å². The van der Waals surface area contributed by atoms with Crippen LogP contribution in [0.4, 0.5) is 0 Å². The molecule has 29 heavy (non-hydrogen) atoms. The summed E-state index contributed by atoms with van der Waals surface area (Å²) in [5.74, 6) is 0.158. The summed E-state index contributed by atoms with van der Waals surface area (Å²) in [6.07, 6.45) is 5.03. The molecule has 3 rings (SSSR count). The van der Waals surface area contributed by atoms with E-state index in [0.717, 1.165) is 37.9 Å². The lowest BCUT2D eigenvalue weighted by atomic mass is 9.95. The molecule has 0 aliphatic heterocycles. The Bertz CT molecular complexity index is 870. The quantitative estimate of drug-likeness (QED) is 0.427. The largest absolute Gasteiger partial charge is 0.345 e. The molecule has 0 saturated heterocycles. The first-order chi connectivity index (χ1) is 14.2. The summed E-state index contributed by atoms with van der Waals surface area (Å²) < 4.78 is 2.25. The Morgan fingerprint density at radius 3 is 2.28 bits per heavy atom. The van der Waals surface area contributed by atoms with Gasteiger partial charge in [0, 0.05) is 25.0 Å². The van der Waals surface area contributed by atoms with E-state index < -0.39 is 0 Å². The number of hydrogen-bond acceptors (Lipinski definition) is 1. The second-order valence-corrected chi connectivity index (χ2v) is 7.60. The number of hydrogen-bond donors (Lipinski definition) is 0. The zero-order chi connectivity index (χ0) is 20.5. The molecule has 0 N–H and O–H groups in total. The van der Waals surface area contributed by atoms with E-state index in [4.69, 9.17) is 0 Å². The van der Waals surface area contributed by atoms with Crippen LogP contribution >= 0.6 is 0 Å². The Balaban J connectivity index is 1.79. The molecular formula is C26H32N2O. The van der Waals surface area contributed by atoms with Gasteiger partial charge >= 0.3 is 0 Å². The van der Waals surface area contributed by atoms with Crippen molar-refractivity contribution in [2.45, 2.75) is 52.1 Å². The van der Waals surface area contributed by atoms with Gasteiger partial charge in [0.1, 0.15) is 0 Å². The van der Waals surface area contributed by atoms with Crippen LogP contribution in [-0.4, -0.2) is 21.9 Å². The van der Waals surface area contributed by atoms with Crippen molar-refractivity contribution in [1.29, 1.82) is 0 Å². The smallest absolute Gasteiger partial charge is 0.230 e. The van der Waals surface area contributed by atoms with Crippen molar-refractivity contribution in [3.63, 3.8) is 0 Å². The number of nitrogens with zero attached hydrogens (tertiary/aromatic N) is 2. The van der Waals surface area contributed by atoms with Crippen LogP contribution in [0.15, 0.2) is 79.0 Å². The van der Waals surface area contributed by atoms with Gasteiger partial charge in [-0.05, 0) is 36.1 Å². The second kappa shape index (κ2) is 10.7.